The van der Waals surface area contributed by atoms with E-state index in [2.05, 4.69) is 5.32 Å². The molecule has 0 radical (unpaired) electrons. The molecule has 3 N–H and O–H groups in total. The minimum atomic E-state index is -1.10. The van der Waals surface area contributed by atoms with Crippen molar-refractivity contribution in [2.24, 2.45) is 5.92 Å². The largest absolute Gasteiger partial charge is 0.507 e. The second kappa shape index (κ2) is 6.43. The highest BCUT2D eigenvalue weighted by molar-refractivity contribution is 6.30. The van der Waals surface area contributed by atoms with E-state index < -0.39 is 17.9 Å². The van der Waals surface area contributed by atoms with Crippen LogP contribution in [0.25, 0.3) is 0 Å². The minimum Gasteiger partial charge on any atom is -0.507 e. The van der Waals surface area contributed by atoms with Crippen LogP contribution in [0.3, 0.4) is 0 Å². The third-order valence-corrected chi connectivity index (χ3v) is 3.21. The van der Waals surface area contributed by atoms with E-state index in [4.69, 9.17) is 16.7 Å². The number of halogens is 1. The summed E-state index contributed by atoms with van der Waals surface area (Å²) < 4.78 is 0. The number of aromatic hydroxyl groups is 1. The number of benzene rings is 1. The van der Waals surface area contributed by atoms with Crippen LogP contribution in [0.5, 0.6) is 5.75 Å². The Hall–Kier alpha value is -1.75. The van der Waals surface area contributed by atoms with Crippen LogP contribution in [0.15, 0.2) is 18.2 Å². The number of phenolic OH excluding ortho intramolecular Hbond substituents is 1. The predicted molar refractivity (Wildman–Crippen MR) is 71.5 cm³/mol. The summed E-state index contributed by atoms with van der Waals surface area (Å²) in [4.78, 5) is 23.0. The summed E-state index contributed by atoms with van der Waals surface area (Å²) in [5, 5.41) is 21.4. The van der Waals surface area contributed by atoms with Gasteiger partial charge in [-0.1, -0.05) is 31.9 Å². The van der Waals surface area contributed by atoms with Gasteiger partial charge in [0.1, 0.15) is 11.8 Å². The van der Waals surface area contributed by atoms with Gasteiger partial charge in [0, 0.05) is 5.02 Å². The minimum absolute atomic E-state index is 0.000969. The van der Waals surface area contributed by atoms with Gasteiger partial charge in [-0.05, 0) is 24.1 Å². The summed E-state index contributed by atoms with van der Waals surface area (Å²) >= 11 is 5.66. The smallest absolute Gasteiger partial charge is 0.326 e. The van der Waals surface area contributed by atoms with Crippen molar-refractivity contribution in [3.8, 4) is 5.75 Å². The molecule has 1 rings (SSSR count). The number of hydrogen-bond donors (Lipinski definition) is 3. The number of phenols is 1. The van der Waals surface area contributed by atoms with Crippen LogP contribution in [0.2, 0.25) is 5.02 Å². The number of amides is 1. The molecule has 1 amide bonds. The number of carbonyl (C=O) groups excluding carboxylic acids is 1. The quantitative estimate of drug-likeness (QED) is 0.774. The molecule has 19 heavy (non-hydrogen) atoms. The van der Waals surface area contributed by atoms with Crippen molar-refractivity contribution in [3.63, 3.8) is 0 Å². The van der Waals surface area contributed by atoms with Gasteiger partial charge in [-0.3, -0.25) is 4.79 Å². The second-order valence-electron chi connectivity index (χ2n) is 4.34. The summed E-state index contributed by atoms with van der Waals surface area (Å²) in [6, 6.07) is 3.04. The van der Waals surface area contributed by atoms with Crippen molar-refractivity contribution < 1.29 is 19.8 Å². The fraction of sp³-hybridized carbons (Fsp3) is 0.385. The maximum absolute atomic E-state index is 11.9. The lowest BCUT2D eigenvalue weighted by atomic mass is 9.99. The molecule has 6 heteroatoms. The van der Waals surface area contributed by atoms with Crippen LogP contribution in [0, 0.1) is 5.92 Å². The van der Waals surface area contributed by atoms with Crippen molar-refractivity contribution in [1.82, 2.24) is 5.32 Å². The SMILES string of the molecule is CCC(C)C(NC(=O)c1ccc(Cl)cc1O)C(=O)O. The monoisotopic (exact) mass is 285 g/mol. The molecule has 1 aromatic carbocycles. The van der Waals surface area contributed by atoms with Crippen molar-refractivity contribution in [2.75, 3.05) is 0 Å². The van der Waals surface area contributed by atoms with Gasteiger partial charge < -0.3 is 15.5 Å². The van der Waals surface area contributed by atoms with Crippen molar-refractivity contribution in [1.29, 1.82) is 0 Å². The fourth-order valence-corrected chi connectivity index (χ4v) is 1.77. The Morgan fingerprint density at radius 2 is 2.05 bits per heavy atom. The van der Waals surface area contributed by atoms with Gasteiger partial charge in [0.25, 0.3) is 5.91 Å². The third-order valence-electron chi connectivity index (χ3n) is 2.97. The highest BCUT2D eigenvalue weighted by atomic mass is 35.5. The van der Waals surface area contributed by atoms with Crippen LogP contribution in [-0.2, 0) is 4.79 Å². The Kier molecular flexibility index (Phi) is 5.18. The number of aliphatic carboxylic acids is 1. The van der Waals surface area contributed by atoms with Crippen molar-refractivity contribution >= 4 is 23.5 Å². The van der Waals surface area contributed by atoms with E-state index in [1.807, 2.05) is 6.92 Å². The summed E-state index contributed by atoms with van der Waals surface area (Å²) in [5.74, 6) is -2.23. The topological polar surface area (TPSA) is 86.6 Å². The molecule has 0 aliphatic rings. The first-order chi connectivity index (χ1) is 8.86. The van der Waals surface area contributed by atoms with Gasteiger partial charge in [0.05, 0.1) is 5.56 Å². The van der Waals surface area contributed by atoms with Gasteiger partial charge in [-0.15, -0.1) is 0 Å². The van der Waals surface area contributed by atoms with Crippen molar-refractivity contribution in [2.45, 2.75) is 26.3 Å². The molecule has 0 aliphatic carbocycles. The van der Waals surface area contributed by atoms with Crippen LogP contribution in [0.4, 0.5) is 0 Å². The van der Waals surface area contributed by atoms with Crippen LogP contribution >= 0.6 is 11.6 Å². The normalized spacial score (nSPS) is 13.6. The molecule has 1 aromatic rings. The number of carbonyl (C=O) groups is 2. The van der Waals surface area contributed by atoms with E-state index in [-0.39, 0.29) is 17.2 Å². The Morgan fingerprint density at radius 1 is 1.42 bits per heavy atom. The zero-order chi connectivity index (χ0) is 14.6. The van der Waals surface area contributed by atoms with Gasteiger partial charge in [-0.25, -0.2) is 4.79 Å². The van der Waals surface area contributed by atoms with E-state index in [9.17, 15) is 14.7 Å². The molecule has 0 fully saturated rings. The lowest BCUT2D eigenvalue weighted by molar-refractivity contribution is -0.140. The van der Waals surface area contributed by atoms with Crippen LogP contribution in [-0.4, -0.2) is 28.1 Å². The van der Waals surface area contributed by atoms with Gasteiger partial charge in [-0.2, -0.15) is 0 Å². The zero-order valence-corrected chi connectivity index (χ0v) is 11.4. The highest BCUT2D eigenvalue weighted by Gasteiger charge is 2.26. The van der Waals surface area contributed by atoms with Crippen molar-refractivity contribution in [3.05, 3.63) is 28.8 Å². The lowest BCUT2D eigenvalue weighted by Gasteiger charge is -2.20. The van der Waals surface area contributed by atoms with Gasteiger partial charge in [0.15, 0.2) is 0 Å². The van der Waals surface area contributed by atoms with Crippen LogP contribution in [0.1, 0.15) is 30.6 Å². The zero-order valence-electron chi connectivity index (χ0n) is 10.7. The maximum Gasteiger partial charge on any atom is 0.326 e. The lowest BCUT2D eigenvalue weighted by Crippen LogP contribution is -2.45. The van der Waals surface area contributed by atoms with E-state index in [1.54, 1.807) is 6.92 Å². The number of carboxylic acid groups (broad SMARTS) is 1. The summed E-state index contributed by atoms with van der Waals surface area (Å²) in [6.45, 7) is 3.58. The number of hydrogen-bond acceptors (Lipinski definition) is 3. The van der Waals surface area contributed by atoms with Crippen LogP contribution < -0.4 is 5.32 Å². The maximum atomic E-state index is 11.9. The van der Waals surface area contributed by atoms with Gasteiger partial charge in [0.2, 0.25) is 0 Å². The van der Waals surface area contributed by atoms with Gasteiger partial charge >= 0.3 is 5.97 Å². The number of nitrogens with one attached hydrogen (secondary N) is 1. The Labute approximate surface area is 116 Å². The van der Waals surface area contributed by atoms with E-state index in [1.165, 1.54) is 18.2 Å². The molecule has 2 atom stereocenters. The molecular weight excluding hydrogens is 270 g/mol. The molecular formula is C13H16ClNO4. The third kappa shape index (κ3) is 3.86. The highest BCUT2D eigenvalue weighted by Crippen LogP contribution is 2.22. The van der Waals surface area contributed by atoms with E-state index in [0.717, 1.165) is 0 Å². The fourth-order valence-electron chi connectivity index (χ4n) is 1.60. The Balaban J connectivity index is 2.91. The van der Waals surface area contributed by atoms with E-state index in [0.29, 0.717) is 11.4 Å². The first-order valence-corrected chi connectivity index (χ1v) is 6.26. The first-order valence-electron chi connectivity index (χ1n) is 5.89. The molecule has 5 nitrogen and oxygen atoms in total. The molecule has 0 heterocycles. The van der Waals surface area contributed by atoms with E-state index >= 15 is 0 Å². The standard InChI is InChI=1S/C13H16ClNO4/c1-3-7(2)11(13(18)19)15-12(17)9-5-4-8(14)6-10(9)16/h4-7,11,16H,3H2,1-2H3,(H,15,17)(H,18,19). The molecule has 0 aliphatic heterocycles. The molecule has 104 valence electrons. The average Bonchev–Trinajstić information content (AvgIpc) is 2.34. The summed E-state index contributed by atoms with van der Waals surface area (Å²) in [5.41, 5.74) is -0.000969. The molecule has 0 aromatic heterocycles. The number of carboxylic acids is 1. The Bertz CT molecular complexity index is 490. The summed E-state index contributed by atoms with van der Waals surface area (Å²) in [7, 11) is 0. The Morgan fingerprint density at radius 3 is 2.53 bits per heavy atom. The molecule has 0 bridgehead atoms. The molecule has 0 spiro atoms. The molecule has 0 saturated heterocycles. The molecule has 0 saturated carbocycles. The second-order valence-corrected chi connectivity index (χ2v) is 4.77. The molecule has 2 unspecified atom stereocenters. The average molecular weight is 286 g/mol. The summed E-state index contributed by atoms with van der Waals surface area (Å²) in [6.07, 6.45) is 0.615. The predicted octanol–water partition coefficient (Wildman–Crippen LogP) is 2.27. The number of rotatable bonds is 5. The first kappa shape index (κ1) is 15.3.